The van der Waals surface area contributed by atoms with E-state index in [4.69, 9.17) is 11.6 Å². The molecule has 26 heavy (non-hydrogen) atoms. The summed E-state index contributed by atoms with van der Waals surface area (Å²) < 4.78 is 0. The zero-order chi connectivity index (χ0) is 18.9. The number of hydrogen-bond donors (Lipinski definition) is 1. The smallest absolute Gasteiger partial charge is 0.227 e. The molecule has 1 N–H and O–H groups in total. The minimum atomic E-state index is -0.138. The van der Waals surface area contributed by atoms with Gasteiger partial charge in [-0.15, -0.1) is 0 Å². The molecule has 1 aromatic carbocycles. The van der Waals surface area contributed by atoms with E-state index in [2.05, 4.69) is 11.9 Å². The number of aromatic hydroxyl groups is 1. The molecule has 0 saturated carbocycles. The Balaban J connectivity index is 1.71. The number of phenols is 1. The first kappa shape index (κ1) is 19.0. The monoisotopic (exact) mass is 379 g/mol. The van der Waals surface area contributed by atoms with Crippen LogP contribution in [-0.4, -0.2) is 77.4 Å². The van der Waals surface area contributed by atoms with Gasteiger partial charge in [0.2, 0.25) is 11.8 Å². The Morgan fingerprint density at radius 3 is 2.73 bits per heavy atom. The molecule has 2 saturated heterocycles. The van der Waals surface area contributed by atoms with Gasteiger partial charge in [0.05, 0.1) is 11.4 Å². The van der Waals surface area contributed by atoms with Crippen molar-refractivity contribution in [3.63, 3.8) is 0 Å². The first-order chi connectivity index (χ1) is 12.3. The van der Waals surface area contributed by atoms with Gasteiger partial charge in [0, 0.05) is 45.2 Å². The third-order valence-corrected chi connectivity index (χ3v) is 6.17. The number of halogens is 1. The zero-order valence-electron chi connectivity index (χ0n) is 15.4. The van der Waals surface area contributed by atoms with Crippen molar-refractivity contribution in [3.05, 3.63) is 28.8 Å². The number of hydrogen-bond acceptors (Lipinski definition) is 4. The van der Waals surface area contributed by atoms with Crippen molar-refractivity contribution in [1.82, 2.24) is 14.7 Å². The molecule has 1 unspecified atom stereocenters. The van der Waals surface area contributed by atoms with Crippen LogP contribution in [-0.2, 0) is 16.0 Å². The lowest BCUT2D eigenvalue weighted by Crippen LogP contribution is -2.62. The molecule has 0 radical (unpaired) electrons. The van der Waals surface area contributed by atoms with Crippen molar-refractivity contribution in [2.45, 2.75) is 31.2 Å². The topological polar surface area (TPSA) is 64.1 Å². The molecular weight excluding hydrogens is 354 g/mol. The number of nitrogens with zero attached hydrogens (tertiary/aromatic N) is 3. The van der Waals surface area contributed by atoms with Gasteiger partial charge in [0.25, 0.3) is 0 Å². The van der Waals surface area contributed by atoms with E-state index in [1.807, 2.05) is 11.9 Å². The fourth-order valence-corrected chi connectivity index (χ4v) is 4.12. The minimum absolute atomic E-state index is 0.0219. The van der Waals surface area contributed by atoms with Gasteiger partial charge in [-0.3, -0.25) is 14.5 Å². The van der Waals surface area contributed by atoms with E-state index >= 15 is 0 Å². The van der Waals surface area contributed by atoms with E-state index in [1.54, 1.807) is 17.0 Å². The third kappa shape index (κ3) is 3.81. The summed E-state index contributed by atoms with van der Waals surface area (Å²) in [5, 5.41) is 9.79. The molecule has 0 aliphatic carbocycles. The molecule has 6 nitrogen and oxygen atoms in total. The standard InChI is InChI=1S/C19H26ClN3O3/c1-21-8-7-19(6-5-17(21)25)13-23(10-9-22(19)2)18(26)12-14-3-4-16(24)15(20)11-14/h3-4,11,24H,5-10,12-13H2,1-2H3. The number of rotatable bonds is 2. The molecule has 142 valence electrons. The number of amides is 2. The molecule has 1 spiro atoms. The van der Waals surface area contributed by atoms with Crippen molar-refractivity contribution in [1.29, 1.82) is 0 Å². The number of carbonyl (C=O) groups excluding carboxylic acids is 2. The number of carbonyl (C=O) groups is 2. The van der Waals surface area contributed by atoms with Crippen molar-refractivity contribution >= 4 is 23.4 Å². The van der Waals surface area contributed by atoms with Crippen molar-refractivity contribution in [3.8, 4) is 5.75 Å². The minimum Gasteiger partial charge on any atom is -0.506 e. The molecule has 2 aliphatic heterocycles. The van der Waals surface area contributed by atoms with Gasteiger partial charge in [-0.1, -0.05) is 17.7 Å². The number of phenolic OH excluding ortho intramolecular Hbond substituents is 1. The van der Waals surface area contributed by atoms with Crippen LogP contribution in [0.5, 0.6) is 5.75 Å². The molecule has 7 heteroatoms. The lowest BCUT2D eigenvalue weighted by molar-refractivity contribution is -0.136. The normalized spacial score (nSPS) is 24.8. The molecule has 2 heterocycles. The van der Waals surface area contributed by atoms with Crippen LogP contribution in [0.3, 0.4) is 0 Å². The van der Waals surface area contributed by atoms with E-state index in [0.29, 0.717) is 19.5 Å². The van der Waals surface area contributed by atoms with Crippen molar-refractivity contribution < 1.29 is 14.7 Å². The maximum atomic E-state index is 12.8. The van der Waals surface area contributed by atoms with Crippen LogP contribution in [0.15, 0.2) is 18.2 Å². The van der Waals surface area contributed by atoms with E-state index in [9.17, 15) is 14.7 Å². The van der Waals surface area contributed by atoms with E-state index < -0.39 is 0 Å². The second-order valence-electron chi connectivity index (χ2n) is 7.49. The Hall–Kier alpha value is -1.79. The highest BCUT2D eigenvalue weighted by Crippen LogP contribution is 2.32. The molecule has 1 atom stereocenters. The van der Waals surface area contributed by atoms with Crippen LogP contribution in [0.25, 0.3) is 0 Å². The second-order valence-corrected chi connectivity index (χ2v) is 7.90. The third-order valence-electron chi connectivity index (χ3n) is 5.86. The first-order valence-electron chi connectivity index (χ1n) is 9.01. The van der Waals surface area contributed by atoms with Crippen LogP contribution in [0.4, 0.5) is 0 Å². The van der Waals surface area contributed by atoms with Gasteiger partial charge in [-0.25, -0.2) is 0 Å². The van der Waals surface area contributed by atoms with Gasteiger partial charge in [-0.05, 0) is 37.6 Å². The van der Waals surface area contributed by atoms with Crippen LogP contribution in [0.1, 0.15) is 24.8 Å². The zero-order valence-corrected chi connectivity index (χ0v) is 16.1. The van der Waals surface area contributed by atoms with Crippen molar-refractivity contribution in [2.24, 2.45) is 0 Å². The Morgan fingerprint density at radius 1 is 1.23 bits per heavy atom. The maximum Gasteiger partial charge on any atom is 0.227 e. The van der Waals surface area contributed by atoms with Gasteiger partial charge >= 0.3 is 0 Å². The van der Waals surface area contributed by atoms with Gasteiger partial charge < -0.3 is 14.9 Å². The lowest BCUT2D eigenvalue weighted by Gasteiger charge is -2.49. The number of likely N-dealkylation sites (N-methyl/N-ethyl adjacent to an activating group) is 1. The summed E-state index contributed by atoms with van der Waals surface area (Å²) >= 11 is 5.95. The lowest BCUT2D eigenvalue weighted by atomic mass is 9.86. The Bertz CT molecular complexity index is 711. The molecule has 2 amide bonds. The molecule has 1 aromatic rings. The molecule has 2 aliphatic rings. The SMILES string of the molecule is CN1CCC2(CCC1=O)CN(C(=O)Cc1ccc(O)c(Cl)c1)CCN2C. The van der Waals surface area contributed by atoms with Crippen LogP contribution in [0, 0.1) is 0 Å². The van der Waals surface area contributed by atoms with Crippen molar-refractivity contribution in [2.75, 3.05) is 40.3 Å². The summed E-state index contributed by atoms with van der Waals surface area (Å²) in [5.74, 6) is 0.259. The summed E-state index contributed by atoms with van der Waals surface area (Å²) in [6, 6.07) is 4.88. The predicted octanol–water partition coefficient (Wildman–Crippen LogP) is 1.74. The molecule has 2 fully saturated rings. The molecular formula is C19H26ClN3O3. The number of piperazine rings is 1. The van der Waals surface area contributed by atoms with Gasteiger partial charge in [0.1, 0.15) is 5.75 Å². The Labute approximate surface area is 159 Å². The summed E-state index contributed by atoms with van der Waals surface area (Å²) in [6.45, 7) is 2.86. The maximum absolute atomic E-state index is 12.8. The summed E-state index contributed by atoms with van der Waals surface area (Å²) in [5.41, 5.74) is 0.655. The highest BCUT2D eigenvalue weighted by atomic mass is 35.5. The van der Waals surface area contributed by atoms with Gasteiger partial charge in [0.15, 0.2) is 0 Å². The predicted molar refractivity (Wildman–Crippen MR) is 100 cm³/mol. The van der Waals surface area contributed by atoms with E-state index in [0.717, 1.165) is 31.5 Å². The van der Waals surface area contributed by atoms with Crippen LogP contribution >= 0.6 is 11.6 Å². The number of likely N-dealkylation sites (tertiary alicyclic amines) is 1. The number of benzene rings is 1. The summed E-state index contributed by atoms with van der Waals surface area (Å²) in [7, 11) is 3.94. The Kier molecular flexibility index (Phi) is 5.44. The fraction of sp³-hybridized carbons (Fsp3) is 0.579. The largest absolute Gasteiger partial charge is 0.506 e. The summed E-state index contributed by atoms with van der Waals surface area (Å²) in [4.78, 5) is 30.9. The molecule has 0 aromatic heterocycles. The average molecular weight is 380 g/mol. The quantitative estimate of drug-likeness (QED) is 0.850. The second kappa shape index (κ2) is 7.45. The highest BCUT2D eigenvalue weighted by Gasteiger charge is 2.42. The summed E-state index contributed by atoms with van der Waals surface area (Å²) in [6.07, 6.45) is 2.44. The molecule has 3 rings (SSSR count). The fourth-order valence-electron chi connectivity index (χ4n) is 3.92. The van der Waals surface area contributed by atoms with Gasteiger partial charge in [-0.2, -0.15) is 0 Å². The Morgan fingerprint density at radius 2 is 2.00 bits per heavy atom. The van der Waals surface area contributed by atoms with Crippen LogP contribution in [0.2, 0.25) is 5.02 Å². The first-order valence-corrected chi connectivity index (χ1v) is 9.39. The van der Waals surface area contributed by atoms with E-state index in [1.165, 1.54) is 6.07 Å². The average Bonchev–Trinajstić information content (AvgIpc) is 2.75. The molecule has 0 bridgehead atoms. The highest BCUT2D eigenvalue weighted by molar-refractivity contribution is 6.32. The van der Waals surface area contributed by atoms with E-state index in [-0.39, 0.29) is 34.5 Å². The van der Waals surface area contributed by atoms with Crippen LogP contribution < -0.4 is 0 Å².